The van der Waals surface area contributed by atoms with Gasteiger partial charge in [0.15, 0.2) is 0 Å². The number of hydrogen-bond donors (Lipinski definition) is 2. The summed E-state index contributed by atoms with van der Waals surface area (Å²) in [5.41, 5.74) is 1.84. The minimum Gasteiger partial charge on any atom is -0.467 e. The van der Waals surface area contributed by atoms with Crippen LogP contribution in [0.5, 0.6) is 0 Å². The zero-order chi connectivity index (χ0) is 17.9. The lowest BCUT2D eigenvalue weighted by Gasteiger charge is -2.18. The number of H-pyrrole nitrogens is 1. The molecule has 1 unspecified atom stereocenters. The molecule has 0 aliphatic heterocycles. The van der Waals surface area contributed by atoms with Crippen molar-refractivity contribution in [2.75, 3.05) is 0 Å². The van der Waals surface area contributed by atoms with Crippen LogP contribution in [0.4, 0.5) is 0 Å². The first-order chi connectivity index (χ1) is 12.7. The Morgan fingerprint density at radius 3 is 2.54 bits per heavy atom. The van der Waals surface area contributed by atoms with Crippen molar-refractivity contribution >= 4 is 16.8 Å². The van der Waals surface area contributed by atoms with Crippen LogP contribution in [0.2, 0.25) is 0 Å². The molecule has 0 aliphatic rings. The Morgan fingerprint density at radius 1 is 0.923 bits per heavy atom. The normalized spacial score (nSPS) is 12.0. The number of furan rings is 1. The zero-order valence-electron chi connectivity index (χ0n) is 13.8. The summed E-state index contributed by atoms with van der Waals surface area (Å²) in [7, 11) is 0. The van der Waals surface area contributed by atoms with E-state index in [1.165, 1.54) is 6.07 Å². The number of rotatable bonds is 4. The van der Waals surface area contributed by atoms with E-state index in [9.17, 15) is 9.59 Å². The number of nitrogens with one attached hydrogen (secondary N) is 2. The Balaban J connectivity index is 1.73. The fourth-order valence-electron chi connectivity index (χ4n) is 3.01. The van der Waals surface area contributed by atoms with Gasteiger partial charge < -0.3 is 14.7 Å². The second-order valence-corrected chi connectivity index (χ2v) is 5.92. The van der Waals surface area contributed by atoms with Gasteiger partial charge in [0.05, 0.1) is 6.26 Å². The predicted molar refractivity (Wildman–Crippen MR) is 99.0 cm³/mol. The molecule has 0 fully saturated rings. The van der Waals surface area contributed by atoms with Gasteiger partial charge in [-0.1, -0.05) is 36.4 Å². The molecule has 2 aromatic carbocycles. The molecule has 0 radical (unpaired) electrons. The van der Waals surface area contributed by atoms with Gasteiger partial charge in [-0.05, 0) is 35.9 Å². The molecule has 2 N–H and O–H groups in total. The molecule has 4 rings (SSSR count). The number of aromatic nitrogens is 1. The highest BCUT2D eigenvalue weighted by Gasteiger charge is 2.21. The van der Waals surface area contributed by atoms with Gasteiger partial charge in [0.2, 0.25) is 5.56 Å². The summed E-state index contributed by atoms with van der Waals surface area (Å²) in [4.78, 5) is 27.2. The number of benzene rings is 2. The number of hydrogen-bond acceptors (Lipinski definition) is 3. The topological polar surface area (TPSA) is 75.1 Å². The number of amides is 1. The molecular weight excluding hydrogens is 328 g/mol. The van der Waals surface area contributed by atoms with Crippen molar-refractivity contribution in [2.24, 2.45) is 0 Å². The molecular formula is C21H16N2O3. The lowest BCUT2D eigenvalue weighted by molar-refractivity contribution is 0.0940. The molecule has 128 valence electrons. The Kier molecular flexibility index (Phi) is 4.11. The summed E-state index contributed by atoms with van der Waals surface area (Å²) < 4.78 is 5.53. The maximum Gasteiger partial charge on any atom is 0.252 e. The van der Waals surface area contributed by atoms with E-state index in [-0.39, 0.29) is 11.5 Å². The summed E-state index contributed by atoms with van der Waals surface area (Å²) in [6.07, 6.45) is 1.58. The first kappa shape index (κ1) is 15.9. The van der Waals surface area contributed by atoms with Crippen molar-refractivity contribution in [3.05, 3.63) is 106 Å². The van der Waals surface area contributed by atoms with Crippen LogP contribution in [0.15, 0.2) is 88.3 Å². The average molecular weight is 344 g/mol. The van der Waals surface area contributed by atoms with E-state index in [1.807, 2.05) is 36.4 Å². The highest BCUT2D eigenvalue weighted by molar-refractivity contribution is 6.06. The van der Waals surface area contributed by atoms with Gasteiger partial charge in [0.1, 0.15) is 11.8 Å². The third-order valence-electron chi connectivity index (χ3n) is 4.25. The minimum atomic E-state index is -0.406. The molecule has 2 aromatic heterocycles. The zero-order valence-corrected chi connectivity index (χ0v) is 13.8. The van der Waals surface area contributed by atoms with E-state index in [4.69, 9.17) is 4.42 Å². The standard InChI is InChI=1S/C21H16N2O3/c24-19-12-11-15-16(8-4-9-17(15)22-19)21(25)23-20(18-10-5-13-26-18)14-6-2-1-3-7-14/h1-13,20H,(H,22,24)(H,23,25). The predicted octanol–water partition coefficient (Wildman–Crippen LogP) is 3.64. The van der Waals surface area contributed by atoms with E-state index in [0.717, 1.165) is 5.56 Å². The maximum atomic E-state index is 13.0. The SMILES string of the molecule is O=C(NC(c1ccccc1)c1ccco1)c1cccc2[nH]c(=O)ccc12. The van der Waals surface area contributed by atoms with Crippen molar-refractivity contribution in [3.63, 3.8) is 0 Å². The fourth-order valence-corrected chi connectivity index (χ4v) is 3.01. The molecule has 5 heteroatoms. The number of carbonyl (C=O) groups excluding carboxylic acids is 1. The van der Waals surface area contributed by atoms with Gasteiger partial charge in [-0.2, -0.15) is 0 Å². The maximum absolute atomic E-state index is 13.0. The van der Waals surface area contributed by atoms with Gasteiger partial charge >= 0.3 is 0 Å². The van der Waals surface area contributed by atoms with Gasteiger partial charge in [0, 0.05) is 22.5 Å². The van der Waals surface area contributed by atoms with Crippen LogP contribution < -0.4 is 10.9 Å². The van der Waals surface area contributed by atoms with Crippen molar-refractivity contribution in [3.8, 4) is 0 Å². The first-order valence-corrected chi connectivity index (χ1v) is 8.23. The number of fused-ring (bicyclic) bond motifs is 1. The molecule has 0 aliphatic carbocycles. The number of carbonyl (C=O) groups is 1. The van der Waals surface area contributed by atoms with Crippen LogP contribution in [0.25, 0.3) is 10.9 Å². The van der Waals surface area contributed by atoms with E-state index in [2.05, 4.69) is 10.3 Å². The van der Waals surface area contributed by atoms with E-state index < -0.39 is 6.04 Å². The van der Waals surface area contributed by atoms with E-state index in [1.54, 1.807) is 36.6 Å². The third kappa shape index (κ3) is 3.02. The highest BCUT2D eigenvalue weighted by Crippen LogP contribution is 2.24. The molecule has 0 saturated carbocycles. The average Bonchev–Trinajstić information content (AvgIpc) is 3.20. The van der Waals surface area contributed by atoms with Gasteiger partial charge in [-0.3, -0.25) is 9.59 Å². The second-order valence-electron chi connectivity index (χ2n) is 5.92. The summed E-state index contributed by atoms with van der Waals surface area (Å²) in [6, 6.07) is 21.2. The Bertz CT molecular complexity index is 1100. The lowest BCUT2D eigenvalue weighted by atomic mass is 10.0. The molecule has 26 heavy (non-hydrogen) atoms. The van der Waals surface area contributed by atoms with Crippen LogP contribution in [0.1, 0.15) is 27.7 Å². The quantitative estimate of drug-likeness (QED) is 0.593. The van der Waals surface area contributed by atoms with Crippen molar-refractivity contribution < 1.29 is 9.21 Å². The summed E-state index contributed by atoms with van der Waals surface area (Å²) in [5.74, 6) is 0.408. The van der Waals surface area contributed by atoms with Crippen LogP contribution in [-0.2, 0) is 0 Å². The Hall–Kier alpha value is -3.60. The molecule has 2 heterocycles. The Labute approximate surface area is 149 Å². The molecule has 1 atom stereocenters. The smallest absolute Gasteiger partial charge is 0.252 e. The summed E-state index contributed by atoms with van der Waals surface area (Å²) in [5, 5.41) is 3.72. The third-order valence-corrected chi connectivity index (χ3v) is 4.25. The fraction of sp³-hybridized carbons (Fsp3) is 0.0476. The van der Waals surface area contributed by atoms with E-state index in [0.29, 0.717) is 22.2 Å². The summed E-state index contributed by atoms with van der Waals surface area (Å²) >= 11 is 0. The number of aromatic amines is 1. The molecule has 0 spiro atoms. The Morgan fingerprint density at radius 2 is 1.77 bits per heavy atom. The first-order valence-electron chi connectivity index (χ1n) is 8.23. The van der Waals surface area contributed by atoms with Crippen LogP contribution in [-0.4, -0.2) is 10.9 Å². The molecule has 0 bridgehead atoms. The van der Waals surface area contributed by atoms with E-state index >= 15 is 0 Å². The van der Waals surface area contributed by atoms with Crippen LogP contribution in [0.3, 0.4) is 0 Å². The molecule has 4 aromatic rings. The van der Waals surface area contributed by atoms with Gasteiger partial charge in [-0.15, -0.1) is 0 Å². The largest absolute Gasteiger partial charge is 0.467 e. The molecule has 0 saturated heterocycles. The van der Waals surface area contributed by atoms with Crippen LogP contribution in [0, 0.1) is 0 Å². The molecule has 1 amide bonds. The van der Waals surface area contributed by atoms with Gasteiger partial charge in [-0.25, -0.2) is 0 Å². The van der Waals surface area contributed by atoms with Gasteiger partial charge in [0.25, 0.3) is 5.91 Å². The van der Waals surface area contributed by atoms with Crippen molar-refractivity contribution in [2.45, 2.75) is 6.04 Å². The van der Waals surface area contributed by atoms with Crippen molar-refractivity contribution in [1.29, 1.82) is 0 Å². The minimum absolute atomic E-state index is 0.201. The second kappa shape index (κ2) is 6.72. The summed E-state index contributed by atoms with van der Waals surface area (Å²) in [6.45, 7) is 0. The number of pyridine rings is 1. The monoisotopic (exact) mass is 344 g/mol. The highest BCUT2D eigenvalue weighted by atomic mass is 16.3. The van der Waals surface area contributed by atoms with Crippen molar-refractivity contribution in [1.82, 2.24) is 10.3 Å². The van der Waals surface area contributed by atoms with Crippen LogP contribution >= 0.6 is 0 Å². The lowest BCUT2D eigenvalue weighted by Crippen LogP contribution is -2.29. The molecule has 5 nitrogen and oxygen atoms in total.